The number of β-lactam (4-membered cyclic amide) rings is 1. The zero-order valence-corrected chi connectivity index (χ0v) is 10.6. The first kappa shape index (κ1) is 11.2. The molecule has 5 nitrogen and oxygen atoms in total. The van der Waals surface area contributed by atoms with Gasteiger partial charge in [-0.05, 0) is 5.57 Å². The Kier molecular flexibility index (Phi) is 2.95. The molecule has 0 aromatic carbocycles. The van der Waals surface area contributed by atoms with Gasteiger partial charge in [0.1, 0.15) is 17.1 Å². The number of nitrogens with two attached hydrogens (primary N) is 1. The Bertz CT molecular complexity index is 371. The van der Waals surface area contributed by atoms with Crippen molar-refractivity contribution in [3.05, 3.63) is 11.3 Å². The molecule has 15 heavy (non-hydrogen) atoms. The van der Waals surface area contributed by atoms with Crippen molar-refractivity contribution in [3.8, 4) is 0 Å². The van der Waals surface area contributed by atoms with Crippen LogP contribution in [0.3, 0.4) is 0 Å². The molecule has 2 aliphatic heterocycles. The lowest BCUT2D eigenvalue weighted by Gasteiger charge is -2.47. The average Bonchev–Trinajstić information content (AvgIpc) is 2.25. The average molecular weight is 340 g/mol. The summed E-state index contributed by atoms with van der Waals surface area (Å²) < 4.78 is 0.623. The van der Waals surface area contributed by atoms with Gasteiger partial charge in [0.15, 0.2) is 0 Å². The number of alkyl halides is 1. The van der Waals surface area contributed by atoms with Gasteiger partial charge in [-0.25, -0.2) is 4.79 Å². The van der Waals surface area contributed by atoms with Crippen LogP contribution < -0.4 is 5.73 Å². The molecule has 0 aromatic rings. The fourth-order valence-corrected chi connectivity index (χ4v) is 3.97. The molecular formula is C8H9IN2O3S. The van der Waals surface area contributed by atoms with E-state index in [9.17, 15) is 9.59 Å². The second-order valence-corrected chi connectivity index (χ2v) is 5.19. The number of fused-ring (bicyclic) bond motifs is 1. The van der Waals surface area contributed by atoms with Gasteiger partial charge in [-0.15, -0.1) is 11.8 Å². The first-order chi connectivity index (χ1) is 7.07. The van der Waals surface area contributed by atoms with Crippen LogP contribution in [0.2, 0.25) is 0 Å². The van der Waals surface area contributed by atoms with E-state index >= 15 is 0 Å². The summed E-state index contributed by atoms with van der Waals surface area (Å²) in [6.45, 7) is 0. The quantitative estimate of drug-likeness (QED) is 0.420. The molecule has 0 radical (unpaired) electrons. The van der Waals surface area contributed by atoms with Crippen LogP contribution in [0, 0.1) is 0 Å². The van der Waals surface area contributed by atoms with Crippen LogP contribution in [0.25, 0.3) is 0 Å². The first-order valence-electron chi connectivity index (χ1n) is 4.29. The molecule has 0 saturated carbocycles. The third kappa shape index (κ3) is 1.56. The van der Waals surface area contributed by atoms with E-state index in [4.69, 9.17) is 10.8 Å². The fourth-order valence-electron chi connectivity index (χ4n) is 1.68. The molecule has 0 unspecified atom stereocenters. The largest absolute Gasteiger partial charge is 0.477 e. The highest BCUT2D eigenvalue weighted by atomic mass is 127. The Labute approximate surface area is 104 Å². The van der Waals surface area contributed by atoms with Gasteiger partial charge >= 0.3 is 5.97 Å². The summed E-state index contributed by atoms with van der Waals surface area (Å²) in [5, 5.41) is 8.88. The normalized spacial score (nSPS) is 30.0. The second-order valence-electron chi connectivity index (χ2n) is 3.33. The van der Waals surface area contributed by atoms with Crippen LogP contribution in [0.4, 0.5) is 0 Å². The molecule has 2 aliphatic rings. The van der Waals surface area contributed by atoms with E-state index in [1.54, 1.807) is 0 Å². The van der Waals surface area contributed by atoms with E-state index in [1.165, 1.54) is 16.7 Å². The highest BCUT2D eigenvalue weighted by Gasteiger charge is 2.51. The molecule has 1 saturated heterocycles. The molecular weight excluding hydrogens is 331 g/mol. The van der Waals surface area contributed by atoms with Gasteiger partial charge in [0.2, 0.25) is 5.91 Å². The number of halogens is 1. The number of rotatable bonds is 2. The number of nitrogens with zero attached hydrogens (tertiary/aromatic N) is 1. The molecule has 0 spiro atoms. The Balaban J connectivity index is 2.38. The number of carboxylic acids is 1. The van der Waals surface area contributed by atoms with E-state index in [-0.39, 0.29) is 17.0 Å². The number of hydrogen-bond donors (Lipinski definition) is 2. The third-order valence-electron chi connectivity index (χ3n) is 2.45. The standard InChI is InChI=1S/C8H9IN2O3S/c9-1-3-2-15-7-4(10)6(12)11(7)5(3)8(13)14/h4,7H,1-2,10H2,(H,13,14)/t4-,7-/m1/s1. The number of amides is 1. The lowest BCUT2D eigenvalue weighted by molar-refractivity contribution is -0.147. The maximum atomic E-state index is 11.5. The predicted octanol–water partition coefficient (Wildman–Crippen LogP) is 0.00250. The van der Waals surface area contributed by atoms with Gasteiger partial charge in [0.25, 0.3) is 0 Å². The molecule has 1 amide bonds. The molecule has 1 fully saturated rings. The molecule has 0 aliphatic carbocycles. The van der Waals surface area contributed by atoms with E-state index in [2.05, 4.69) is 22.6 Å². The van der Waals surface area contributed by atoms with Crippen molar-refractivity contribution >= 4 is 46.2 Å². The zero-order chi connectivity index (χ0) is 11.2. The molecule has 0 bridgehead atoms. The summed E-state index contributed by atoms with van der Waals surface area (Å²) >= 11 is 3.64. The minimum atomic E-state index is -1.03. The van der Waals surface area contributed by atoms with Crippen LogP contribution in [-0.4, -0.2) is 43.5 Å². The summed E-state index contributed by atoms with van der Waals surface area (Å²) in [4.78, 5) is 23.8. The maximum absolute atomic E-state index is 11.5. The number of carbonyl (C=O) groups excluding carboxylic acids is 1. The smallest absolute Gasteiger partial charge is 0.352 e. The van der Waals surface area contributed by atoms with Crippen LogP contribution in [0.5, 0.6) is 0 Å². The second kappa shape index (κ2) is 3.95. The van der Waals surface area contributed by atoms with Gasteiger partial charge in [-0.3, -0.25) is 9.69 Å². The molecule has 7 heteroatoms. The highest BCUT2D eigenvalue weighted by molar-refractivity contribution is 14.1. The minimum Gasteiger partial charge on any atom is -0.477 e. The molecule has 3 N–H and O–H groups in total. The number of hydrogen-bond acceptors (Lipinski definition) is 4. The summed E-state index contributed by atoms with van der Waals surface area (Å²) in [6.07, 6.45) is 0. The van der Waals surface area contributed by atoms with E-state index in [1.807, 2.05) is 0 Å². The molecule has 2 atom stereocenters. The van der Waals surface area contributed by atoms with Crippen LogP contribution >= 0.6 is 34.4 Å². The summed E-state index contributed by atoms with van der Waals surface area (Å²) in [5.74, 6) is -0.675. The third-order valence-corrected chi connectivity index (χ3v) is 4.73. The Hall–Kier alpha value is -0.280. The van der Waals surface area contributed by atoms with Crippen molar-refractivity contribution in [1.82, 2.24) is 4.90 Å². The summed E-state index contributed by atoms with van der Waals surface area (Å²) in [6, 6.07) is -0.542. The van der Waals surface area contributed by atoms with Crippen molar-refractivity contribution in [2.75, 3.05) is 10.2 Å². The number of thioether (sulfide) groups is 1. The van der Waals surface area contributed by atoms with E-state index < -0.39 is 12.0 Å². The van der Waals surface area contributed by atoms with Crippen molar-refractivity contribution < 1.29 is 14.7 Å². The first-order valence-corrected chi connectivity index (χ1v) is 6.87. The lowest BCUT2D eigenvalue weighted by atomic mass is 10.0. The minimum absolute atomic E-state index is 0.139. The molecule has 2 rings (SSSR count). The summed E-state index contributed by atoms with van der Waals surface area (Å²) in [5.41, 5.74) is 6.53. The number of aliphatic carboxylic acids is 1. The van der Waals surface area contributed by atoms with Gasteiger partial charge in [0, 0.05) is 10.2 Å². The topological polar surface area (TPSA) is 83.6 Å². The fraction of sp³-hybridized carbons (Fsp3) is 0.500. The number of carbonyl (C=O) groups is 2. The van der Waals surface area contributed by atoms with Gasteiger partial charge in [-0.1, -0.05) is 22.6 Å². The van der Waals surface area contributed by atoms with Gasteiger partial charge < -0.3 is 10.8 Å². The highest BCUT2D eigenvalue weighted by Crippen LogP contribution is 2.39. The van der Waals surface area contributed by atoms with Gasteiger partial charge in [-0.2, -0.15) is 0 Å². The van der Waals surface area contributed by atoms with Crippen molar-refractivity contribution in [1.29, 1.82) is 0 Å². The van der Waals surface area contributed by atoms with E-state index in [0.29, 0.717) is 10.2 Å². The van der Waals surface area contributed by atoms with Crippen LogP contribution in [0.15, 0.2) is 11.3 Å². The monoisotopic (exact) mass is 340 g/mol. The zero-order valence-electron chi connectivity index (χ0n) is 7.64. The predicted molar refractivity (Wildman–Crippen MR) is 64.6 cm³/mol. The van der Waals surface area contributed by atoms with E-state index in [0.717, 1.165) is 5.57 Å². The van der Waals surface area contributed by atoms with Crippen LogP contribution in [0.1, 0.15) is 0 Å². The van der Waals surface area contributed by atoms with Crippen molar-refractivity contribution in [2.45, 2.75) is 11.4 Å². The molecule has 0 aromatic heterocycles. The SMILES string of the molecule is N[C@@H]1C(=O)N2C(C(=O)O)=C(CI)CS[C@H]12. The summed E-state index contributed by atoms with van der Waals surface area (Å²) in [7, 11) is 0. The Morgan fingerprint density at radius 2 is 2.40 bits per heavy atom. The molecule has 82 valence electrons. The molecule has 2 heterocycles. The van der Waals surface area contributed by atoms with Crippen molar-refractivity contribution in [3.63, 3.8) is 0 Å². The Morgan fingerprint density at radius 1 is 1.73 bits per heavy atom. The van der Waals surface area contributed by atoms with Gasteiger partial charge in [0.05, 0.1) is 0 Å². The number of carboxylic acid groups (broad SMARTS) is 1. The Morgan fingerprint density at radius 3 is 2.93 bits per heavy atom. The lowest BCUT2D eigenvalue weighted by Crippen LogP contribution is -2.68. The maximum Gasteiger partial charge on any atom is 0.352 e. The van der Waals surface area contributed by atoms with Crippen LogP contribution in [-0.2, 0) is 9.59 Å². The van der Waals surface area contributed by atoms with Crippen molar-refractivity contribution in [2.24, 2.45) is 5.73 Å².